The molecule has 0 radical (unpaired) electrons. The van der Waals surface area contributed by atoms with Gasteiger partial charge >= 0.3 is 0 Å². The molecule has 2 aromatic carbocycles. The van der Waals surface area contributed by atoms with Gasteiger partial charge in [-0.3, -0.25) is 19.7 Å². The standard InChI is InChI=1S/C23H28N4O3/c1-24-23(22(30)25-18-28,19-8-4-2-5-9-19)13-12-21(29)27-16-14-26(15-17-27)20-10-6-3-7-11-20/h2-11,18,24H,12-17H2,1H3,(H,25,28,30). The van der Waals surface area contributed by atoms with Crippen LogP contribution in [0.25, 0.3) is 0 Å². The lowest BCUT2D eigenvalue weighted by Gasteiger charge is -2.37. The molecule has 1 aliphatic heterocycles. The highest BCUT2D eigenvalue weighted by molar-refractivity contribution is 5.94. The molecular weight excluding hydrogens is 380 g/mol. The summed E-state index contributed by atoms with van der Waals surface area (Å²) in [5.74, 6) is -0.454. The minimum absolute atomic E-state index is 0.0113. The Morgan fingerprint density at radius 1 is 0.967 bits per heavy atom. The van der Waals surface area contributed by atoms with Gasteiger partial charge in [-0.05, 0) is 31.2 Å². The van der Waals surface area contributed by atoms with Gasteiger partial charge in [-0.15, -0.1) is 0 Å². The average molecular weight is 409 g/mol. The van der Waals surface area contributed by atoms with Crippen molar-refractivity contribution in [3.8, 4) is 0 Å². The molecule has 0 spiro atoms. The Kier molecular flexibility index (Phi) is 7.19. The van der Waals surface area contributed by atoms with Gasteiger partial charge in [0.05, 0.1) is 0 Å². The summed E-state index contributed by atoms with van der Waals surface area (Å²) in [5.41, 5.74) is 0.728. The van der Waals surface area contributed by atoms with Gasteiger partial charge in [-0.25, -0.2) is 0 Å². The number of rotatable bonds is 8. The minimum atomic E-state index is -1.15. The first kappa shape index (κ1) is 21.5. The van der Waals surface area contributed by atoms with Crippen LogP contribution in [0.2, 0.25) is 0 Å². The Balaban J connectivity index is 1.65. The SMILES string of the molecule is CNC(CCC(=O)N1CCN(c2ccccc2)CC1)(C(=O)NC=O)c1ccccc1. The Labute approximate surface area is 177 Å². The van der Waals surface area contributed by atoms with Gasteiger partial charge in [0.1, 0.15) is 5.54 Å². The number of nitrogens with one attached hydrogen (secondary N) is 2. The van der Waals surface area contributed by atoms with Crippen molar-refractivity contribution >= 4 is 23.9 Å². The first-order valence-electron chi connectivity index (χ1n) is 10.2. The van der Waals surface area contributed by atoms with Crippen LogP contribution in [0.15, 0.2) is 60.7 Å². The lowest BCUT2D eigenvalue weighted by molar-refractivity contribution is -0.133. The van der Waals surface area contributed by atoms with Crippen molar-refractivity contribution in [3.63, 3.8) is 0 Å². The zero-order valence-electron chi connectivity index (χ0n) is 17.2. The molecule has 1 aliphatic rings. The normalized spacial score (nSPS) is 15.9. The van der Waals surface area contributed by atoms with E-state index in [1.165, 1.54) is 0 Å². The van der Waals surface area contributed by atoms with Gasteiger partial charge in [0, 0.05) is 38.3 Å². The number of piperazine rings is 1. The van der Waals surface area contributed by atoms with Gasteiger partial charge < -0.3 is 15.1 Å². The number of anilines is 1. The number of likely N-dealkylation sites (N-methyl/N-ethyl adjacent to an activating group) is 1. The topological polar surface area (TPSA) is 81.8 Å². The fourth-order valence-electron chi connectivity index (χ4n) is 3.98. The number of amides is 3. The Bertz CT molecular complexity index is 851. The lowest BCUT2D eigenvalue weighted by Crippen LogP contribution is -2.54. The zero-order chi connectivity index (χ0) is 21.4. The van der Waals surface area contributed by atoms with Crippen LogP contribution in [0, 0.1) is 0 Å². The Hall–Kier alpha value is -3.19. The van der Waals surface area contributed by atoms with E-state index in [1.807, 2.05) is 53.4 Å². The van der Waals surface area contributed by atoms with Crippen molar-refractivity contribution in [1.29, 1.82) is 0 Å². The second kappa shape index (κ2) is 10.0. The van der Waals surface area contributed by atoms with Crippen LogP contribution >= 0.6 is 0 Å². The predicted octanol–water partition coefficient (Wildman–Crippen LogP) is 1.50. The lowest BCUT2D eigenvalue weighted by atomic mass is 9.84. The number of nitrogens with zero attached hydrogens (tertiary/aromatic N) is 2. The predicted molar refractivity (Wildman–Crippen MR) is 116 cm³/mol. The van der Waals surface area contributed by atoms with Crippen molar-refractivity contribution in [2.24, 2.45) is 0 Å². The zero-order valence-corrected chi connectivity index (χ0v) is 17.2. The monoisotopic (exact) mass is 408 g/mol. The van der Waals surface area contributed by atoms with E-state index in [0.717, 1.165) is 18.8 Å². The molecule has 158 valence electrons. The third kappa shape index (κ3) is 4.68. The van der Waals surface area contributed by atoms with Gasteiger partial charge in [0.15, 0.2) is 0 Å². The number of benzene rings is 2. The largest absolute Gasteiger partial charge is 0.368 e. The third-order valence-corrected chi connectivity index (χ3v) is 5.74. The first-order chi connectivity index (χ1) is 14.6. The van der Waals surface area contributed by atoms with E-state index >= 15 is 0 Å². The second-order valence-corrected chi connectivity index (χ2v) is 7.32. The molecule has 0 bridgehead atoms. The van der Waals surface area contributed by atoms with Crippen LogP contribution in [-0.2, 0) is 19.9 Å². The highest BCUT2D eigenvalue weighted by atomic mass is 16.2. The summed E-state index contributed by atoms with van der Waals surface area (Å²) in [5, 5.41) is 5.30. The molecule has 7 heteroatoms. The molecule has 2 aromatic rings. The summed E-state index contributed by atoms with van der Waals surface area (Å²) in [6, 6.07) is 19.3. The molecule has 0 aliphatic carbocycles. The smallest absolute Gasteiger partial charge is 0.251 e. The number of para-hydroxylation sites is 1. The molecule has 3 rings (SSSR count). The number of carbonyl (C=O) groups excluding carboxylic acids is 3. The summed E-state index contributed by atoms with van der Waals surface area (Å²) < 4.78 is 0. The number of hydrogen-bond donors (Lipinski definition) is 2. The van der Waals surface area contributed by atoms with Gasteiger partial charge in [-0.2, -0.15) is 0 Å². The fraction of sp³-hybridized carbons (Fsp3) is 0.348. The van der Waals surface area contributed by atoms with E-state index in [4.69, 9.17) is 0 Å². The summed E-state index contributed by atoms with van der Waals surface area (Å²) in [4.78, 5) is 40.7. The van der Waals surface area contributed by atoms with Crippen molar-refractivity contribution in [3.05, 3.63) is 66.2 Å². The van der Waals surface area contributed by atoms with Crippen molar-refractivity contribution < 1.29 is 14.4 Å². The third-order valence-electron chi connectivity index (χ3n) is 5.74. The van der Waals surface area contributed by atoms with Crippen LogP contribution in [0.4, 0.5) is 5.69 Å². The Morgan fingerprint density at radius 3 is 2.13 bits per heavy atom. The van der Waals surface area contributed by atoms with Crippen LogP contribution < -0.4 is 15.5 Å². The first-order valence-corrected chi connectivity index (χ1v) is 10.2. The number of carbonyl (C=O) groups is 3. The Morgan fingerprint density at radius 2 is 1.57 bits per heavy atom. The van der Waals surface area contributed by atoms with Crippen LogP contribution in [0.5, 0.6) is 0 Å². The molecule has 0 aromatic heterocycles. The summed E-state index contributed by atoms with van der Waals surface area (Å²) in [7, 11) is 1.67. The quantitative estimate of drug-likeness (QED) is 0.647. The minimum Gasteiger partial charge on any atom is -0.368 e. The molecule has 1 unspecified atom stereocenters. The molecule has 3 amide bonds. The molecule has 1 saturated heterocycles. The van der Waals surface area contributed by atoms with E-state index in [0.29, 0.717) is 25.1 Å². The second-order valence-electron chi connectivity index (χ2n) is 7.32. The molecular formula is C23H28N4O3. The maximum absolute atomic E-state index is 12.9. The molecule has 0 saturated carbocycles. The van der Waals surface area contributed by atoms with Gasteiger partial charge in [0.25, 0.3) is 5.91 Å². The molecule has 1 atom stereocenters. The van der Waals surface area contributed by atoms with Crippen LogP contribution in [0.3, 0.4) is 0 Å². The van der Waals surface area contributed by atoms with Crippen LogP contribution in [0.1, 0.15) is 18.4 Å². The fourth-order valence-corrected chi connectivity index (χ4v) is 3.98. The molecule has 1 heterocycles. The van der Waals surface area contributed by atoms with Crippen molar-refractivity contribution in [1.82, 2.24) is 15.5 Å². The molecule has 7 nitrogen and oxygen atoms in total. The number of imide groups is 1. The summed E-state index contributed by atoms with van der Waals surface area (Å²) >= 11 is 0. The van der Waals surface area contributed by atoms with E-state index in [-0.39, 0.29) is 18.7 Å². The van der Waals surface area contributed by atoms with Crippen molar-refractivity contribution in [2.75, 3.05) is 38.1 Å². The highest BCUT2D eigenvalue weighted by Gasteiger charge is 2.39. The van der Waals surface area contributed by atoms with E-state index < -0.39 is 11.4 Å². The maximum atomic E-state index is 12.9. The number of hydrogen-bond acceptors (Lipinski definition) is 5. The van der Waals surface area contributed by atoms with E-state index in [1.54, 1.807) is 7.05 Å². The summed E-state index contributed by atoms with van der Waals surface area (Å²) in [6.45, 7) is 2.84. The van der Waals surface area contributed by atoms with Crippen molar-refractivity contribution in [2.45, 2.75) is 18.4 Å². The molecule has 30 heavy (non-hydrogen) atoms. The maximum Gasteiger partial charge on any atom is 0.251 e. The van der Waals surface area contributed by atoms with Gasteiger partial charge in [-0.1, -0.05) is 48.5 Å². The molecule has 1 fully saturated rings. The van der Waals surface area contributed by atoms with E-state index in [2.05, 4.69) is 27.7 Å². The van der Waals surface area contributed by atoms with Gasteiger partial charge in [0.2, 0.25) is 12.3 Å². The van der Waals surface area contributed by atoms with Crippen LogP contribution in [-0.4, -0.2) is 56.4 Å². The average Bonchev–Trinajstić information content (AvgIpc) is 2.81. The van der Waals surface area contributed by atoms with E-state index in [9.17, 15) is 14.4 Å². The molecule has 2 N–H and O–H groups in total. The summed E-state index contributed by atoms with van der Waals surface area (Å²) in [6.07, 6.45) is 0.834. The highest BCUT2D eigenvalue weighted by Crippen LogP contribution is 2.27.